The molecule has 20 heavy (non-hydrogen) atoms. The number of benzene rings is 2. The molecule has 0 saturated heterocycles. The number of nitrogens with zero attached hydrogens (tertiary/aromatic N) is 1. The molecule has 1 N–H and O–H groups in total. The van der Waals surface area contributed by atoms with Crippen LogP contribution in [0.15, 0.2) is 36.4 Å². The number of fused-ring (bicyclic) bond motifs is 1. The van der Waals surface area contributed by atoms with E-state index in [9.17, 15) is 0 Å². The van der Waals surface area contributed by atoms with Crippen molar-refractivity contribution in [2.45, 2.75) is 27.4 Å². The number of aromatic amines is 1. The van der Waals surface area contributed by atoms with Crippen LogP contribution in [0.4, 0.5) is 0 Å². The van der Waals surface area contributed by atoms with Crippen LogP contribution in [0.1, 0.15) is 22.5 Å². The predicted octanol–water partition coefficient (Wildman–Crippen LogP) is 4.07. The molecule has 2 aromatic carbocycles. The van der Waals surface area contributed by atoms with Crippen molar-refractivity contribution in [1.29, 1.82) is 0 Å². The van der Waals surface area contributed by atoms with Gasteiger partial charge in [0.1, 0.15) is 18.2 Å². The SMILES string of the molecule is Cc1ccc(C)c(OCc2nc3ccc(C)cc3[nH]2)c1. The Morgan fingerprint density at radius 3 is 2.60 bits per heavy atom. The van der Waals surface area contributed by atoms with Crippen molar-refractivity contribution < 1.29 is 4.74 Å². The third-order valence-corrected chi connectivity index (χ3v) is 3.39. The van der Waals surface area contributed by atoms with Gasteiger partial charge >= 0.3 is 0 Å². The van der Waals surface area contributed by atoms with E-state index in [0.717, 1.165) is 28.2 Å². The molecule has 0 unspecified atom stereocenters. The largest absolute Gasteiger partial charge is 0.485 e. The maximum absolute atomic E-state index is 5.87. The van der Waals surface area contributed by atoms with Gasteiger partial charge in [-0.05, 0) is 55.7 Å². The van der Waals surface area contributed by atoms with E-state index in [4.69, 9.17) is 4.74 Å². The summed E-state index contributed by atoms with van der Waals surface area (Å²) in [6.07, 6.45) is 0. The molecule has 0 saturated carbocycles. The average Bonchev–Trinajstić information content (AvgIpc) is 2.81. The van der Waals surface area contributed by atoms with Gasteiger partial charge in [-0.2, -0.15) is 0 Å². The number of aromatic nitrogens is 2. The first-order valence-corrected chi connectivity index (χ1v) is 6.77. The third kappa shape index (κ3) is 2.52. The Labute approximate surface area is 118 Å². The van der Waals surface area contributed by atoms with Crippen LogP contribution >= 0.6 is 0 Å². The van der Waals surface area contributed by atoms with Crippen molar-refractivity contribution in [2.24, 2.45) is 0 Å². The molecule has 0 aliphatic heterocycles. The second-order valence-corrected chi connectivity index (χ2v) is 5.26. The van der Waals surface area contributed by atoms with Gasteiger partial charge in [-0.15, -0.1) is 0 Å². The minimum Gasteiger partial charge on any atom is -0.485 e. The molecule has 0 bridgehead atoms. The molecule has 3 heteroatoms. The van der Waals surface area contributed by atoms with Gasteiger partial charge in [0.15, 0.2) is 0 Å². The van der Waals surface area contributed by atoms with Crippen LogP contribution in [-0.4, -0.2) is 9.97 Å². The van der Waals surface area contributed by atoms with Crippen LogP contribution in [0.5, 0.6) is 5.75 Å². The molecule has 0 spiro atoms. The highest BCUT2D eigenvalue weighted by Gasteiger charge is 2.05. The minimum absolute atomic E-state index is 0.456. The van der Waals surface area contributed by atoms with Gasteiger partial charge in [0.25, 0.3) is 0 Å². The van der Waals surface area contributed by atoms with Crippen LogP contribution in [0.25, 0.3) is 11.0 Å². The summed E-state index contributed by atoms with van der Waals surface area (Å²) in [5.41, 5.74) is 5.61. The maximum Gasteiger partial charge on any atom is 0.146 e. The Kier molecular flexibility index (Phi) is 3.18. The summed E-state index contributed by atoms with van der Waals surface area (Å²) < 4.78 is 5.87. The Morgan fingerprint density at radius 1 is 1.00 bits per heavy atom. The number of imidazole rings is 1. The zero-order valence-corrected chi connectivity index (χ0v) is 12.0. The van der Waals surface area contributed by atoms with Gasteiger partial charge in [-0.25, -0.2) is 4.98 Å². The summed E-state index contributed by atoms with van der Waals surface area (Å²) in [7, 11) is 0. The second-order valence-electron chi connectivity index (χ2n) is 5.26. The number of H-pyrrole nitrogens is 1. The fourth-order valence-corrected chi connectivity index (χ4v) is 2.25. The molecular weight excluding hydrogens is 248 g/mol. The monoisotopic (exact) mass is 266 g/mol. The van der Waals surface area contributed by atoms with E-state index >= 15 is 0 Å². The minimum atomic E-state index is 0.456. The predicted molar refractivity (Wildman–Crippen MR) is 81.1 cm³/mol. The molecule has 1 aromatic heterocycles. The smallest absolute Gasteiger partial charge is 0.146 e. The van der Waals surface area contributed by atoms with Crippen molar-refractivity contribution in [3.8, 4) is 5.75 Å². The third-order valence-electron chi connectivity index (χ3n) is 3.39. The van der Waals surface area contributed by atoms with Gasteiger partial charge in [0.05, 0.1) is 11.0 Å². The molecule has 0 fully saturated rings. The highest BCUT2D eigenvalue weighted by molar-refractivity contribution is 5.75. The van der Waals surface area contributed by atoms with Gasteiger partial charge < -0.3 is 9.72 Å². The molecule has 3 nitrogen and oxygen atoms in total. The molecule has 3 aromatic rings. The van der Waals surface area contributed by atoms with E-state index in [2.05, 4.69) is 61.1 Å². The number of ether oxygens (including phenoxy) is 1. The van der Waals surface area contributed by atoms with Crippen LogP contribution < -0.4 is 4.74 Å². The topological polar surface area (TPSA) is 37.9 Å². The number of aryl methyl sites for hydroxylation is 3. The standard InChI is InChI=1S/C17H18N2O/c1-11-5-7-14-15(8-11)19-17(18-14)10-20-16-9-12(2)4-6-13(16)3/h4-9H,10H2,1-3H3,(H,18,19). The zero-order chi connectivity index (χ0) is 14.1. The first-order valence-electron chi connectivity index (χ1n) is 6.77. The summed E-state index contributed by atoms with van der Waals surface area (Å²) in [6, 6.07) is 12.4. The molecule has 0 radical (unpaired) electrons. The lowest BCUT2D eigenvalue weighted by Crippen LogP contribution is -1.99. The van der Waals surface area contributed by atoms with Crippen molar-refractivity contribution in [2.75, 3.05) is 0 Å². The van der Waals surface area contributed by atoms with Gasteiger partial charge in [0.2, 0.25) is 0 Å². The van der Waals surface area contributed by atoms with Gasteiger partial charge in [-0.1, -0.05) is 18.2 Å². The van der Waals surface area contributed by atoms with Crippen molar-refractivity contribution in [1.82, 2.24) is 9.97 Å². The lowest BCUT2D eigenvalue weighted by molar-refractivity contribution is 0.295. The average molecular weight is 266 g/mol. The highest BCUT2D eigenvalue weighted by Crippen LogP contribution is 2.20. The normalized spacial score (nSPS) is 10.9. The molecule has 0 amide bonds. The first-order chi connectivity index (χ1) is 9.61. The fraction of sp³-hybridized carbons (Fsp3) is 0.235. The molecule has 0 aliphatic rings. The van der Waals surface area contributed by atoms with E-state index in [0.29, 0.717) is 6.61 Å². The van der Waals surface area contributed by atoms with E-state index in [1.165, 1.54) is 11.1 Å². The summed E-state index contributed by atoms with van der Waals surface area (Å²) in [6.45, 7) is 6.65. The lowest BCUT2D eigenvalue weighted by Gasteiger charge is -2.08. The van der Waals surface area contributed by atoms with Crippen molar-refractivity contribution >= 4 is 11.0 Å². The van der Waals surface area contributed by atoms with Crippen molar-refractivity contribution in [3.05, 3.63) is 58.9 Å². The Hall–Kier alpha value is -2.29. The number of hydrogen-bond donors (Lipinski definition) is 1. The summed E-state index contributed by atoms with van der Waals surface area (Å²) in [4.78, 5) is 7.85. The highest BCUT2D eigenvalue weighted by atomic mass is 16.5. The van der Waals surface area contributed by atoms with Crippen LogP contribution in [0.3, 0.4) is 0 Å². The zero-order valence-electron chi connectivity index (χ0n) is 12.0. The molecular formula is C17H18N2O. The Balaban J connectivity index is 1.81. The summed E-state index contributed by atoms with van der Waals surface area (Å²) >= 11 is 0. The van der Waals surface area contributed by atoms with E-state index in [-0.39, 0.29) is 0 Å². The van der Waals surface area contributed by atoms with E-state index in [1.807, 2.05) is 6.07 Å². The quantitative estimate of drug-likeness (QED) is 0.776. The maximum atomic E-state index is 5.87. The number of hydrogen-bond acceptors (Lipinski definition) is 2. The number of nitrogens with one attached hydrogen (secondary N) is 1. The Morgan fingerprint density at radius 2 is 1.75 bits per heavy atom. The molecule has 0 atom stereocenters. The molecule has 0 aliphatic carbocycles. The van der Waals surface area contributed by atoms with Crippen LogP contribution in [-0.2, 0) is 6.61 Å². The fourth-order valence-electron chi connectivity index (χ4n) is 2.25. The van der Waals surface area contributed by atoms with Crippen LogP contribution in [0.2, 0.25) is 0 Å². The summed E-state index contributed by atoms with van der Waals surface area (Å²) in [5, 5.41) is 0. The molecule has 3 rings (SSSR count). The van der Waals surface area contributed by atoms with E-state index in [1.54, 1.807) is 0 Å². The second kappa shape index (κ2) is 5.00. The summed E-state index contributed by atoms with van der Waals surface area (Å²) in [5.74, 6) is 1.77. The molecule has 102 valence electrons. The molecule has 1 heterocycles. The van der Waals surface area contributed by atoms with Gasteiger partial charge in [-0.3, -0.25) is 0 Å². The first kappa shape index (κ1) is 12.7. The van der Waals surface area contributed by atoms with Crippen molar-refractivity contribution in [3.63, 3.8) is 0 Å². The van der Waals surface area contributed by atoms with E-state index < -0.39 is 0 Å². The van der Waals surface area contributed by atoms with Gasteiger partial charge in [0, 0.05) is 0 Å². The Bertz CT molecular complexity index is 759. The van der Waals surface area contributed by atoms with Crippen LogP contribution in [0, 0.1) is 20.8 Å². The number of rotatable bonds is 3. The lowest BCUT2D eigenvalue weighted by atomic mass is 10.1.